The number of hydrogen-bond acceptors (Lipinski definition) is 5. The van der Waals surface area contributed by atoms with Gasteiger partial charge in [-0.15, -0.1) is 0 Å². The minimum atomic E-state index is -0.503. The number of benzene rings is 1. The van der Waals surface area contributed by atoms with Gasteiger partial charge in [-0.25, -0.2) is 9.79 Å². The highest BCUT2D eigenvalue weighted by Gasteiger charge is 2.19. The maximum Gasteiger partial charge on any atom is 0.410 e. The Morgan fingerprint density at radius 1 is 1.16 bits per heavy atom. The molecule has 0 bridgehead atoms. The van der Waals surface area contributed by atoms with E-state index in [2.05, 4.69) is 20.8 Å². The number of carbonyl (C=O) groups excluding carboxylic acids is 1. The Bertz CT molecular complexity index is 853. The third-order valence-corrected chi connectivity index (χ3v) is 4.31. The number of carbonyl (C=O) groups is 1. The van der Waals surface area contributed by atoms with Gasteiger partial charge in [-0.1, -0.05) is 36.3 Å². The lowest BCUT2D eigenvalue weighted by atomic mass is 10.1. The smallest absolute Gasteiger partial charge is 0.410 e. The predicted octanol–water partition coefficient (Wildman–Crippen LogP) is 3.86. The molecular weight excluding hydrogens is 394 g/mol. The number of aryl methyl sites for hydroxylation is 1. The molecule has 1 aromatic carbocycles. The molecule has 0 saturated carbocycles. The molecule has 0 saturated heterocycles. The van der Waals surface area contributed by atoms with Crippen LogP contribution in [0.25, 0.3) is 0 Å². The summed E-state index contributed by atoms with van der Waals surface area (Å²) in [4.78, 5) is 18.3. The number of aliphatic imine (C=N–C) groups is 1. The first kappa shape index (κ1) is 24.2. The summed E-state index contributed by atoms with van der Waals surface area (Å²) in [6.45, 7) is 12.0. The molecule has 0 aliphatic carbocycles. The molecule has 170 valence electrons. The molecule has 1 heterocycles. The van der Waals surface area contributed by atoms with Gasteiger partial charge in [0.05, 0.1) is 18.8 Å². The van der Waals surface area contributed by atoms with E-state index in [0.29, 0.717) is 25.6 Å². The van der Waals surface area contributed by atoms with Crippen LogP contribution in [0.2, 0.25) is 0 Å². The van der Waals surface area contributed by atoms with Crippen LogP contribution in [0.3, 0.4) is 0 Å². The topological polar surface area (TPSA) is 92.0 Å². The molecule has 31 heavy (non-hydrogen) atoms. The summed E-state index contributed by atoms with van der Waals surface area (Å²) in [5, 5.41) is 10.5. The van der Waals surface area contributed by atoms with Crippen LogP contribution >= 0.6 is 0 Å². The molecule has 0 spiro atoms. The summed E-state index contributed by atoms with van der Waals surface area (Å²) in [6.07, 6.45) is 0.515. The van der Waals surface area contributed by atoms with E-state index in [1.165, 1.54) is 0 Å². The Labute approximate surface area is 185 Å². The zero-order valence-corrected chi connectivity index (χ0v) is 19.5. The minimum absolute atomic E-state index is 0.333. The second-order valence-corrected chi connectivity index (χ2v) is 8.34. The van der Waals surface area contributed by atoms with E-state index in [4.69, 9.17) is 9.26 Å². The molecule has 0 radical (unpaired) electrons. The molecule has 0 fully saturated rings. The number of guanidine groups is 1. The molecule has 1 aromatic heterocycles. The number of hydrogen-bond donors (Lipinski definition) is 2. The minimum Gasteiger partial charge on any atom is -0.444 e. The molecule has 1 amide bonds. The van der Waals surface area contributed by atoms with Gasteiger partial charge in [-0.2, -0.15) is 0 Å². The number of aromatic nitrogens is 1. The monoisotopic (exact) mass is 429 g/mol. The number of rotatable bonds is 8. The first-order chi connectivity index (χ1) is 14.7. The van der Waals surface area contributed by atoms with Gasteiger partial charge in [0.15, 0.2) is 11.7 Å². The zero-order valence-electron chi connectivity index (χ0n) is 19.5. The lowest BCUT2D eigenvalue weighted by Gasteiger charge is -2.24. The van der Waals surface area contributed by atoms with Crippen molar-refractivity contribution >= 4 is 12.1 Å². The van der Waals surface area contributed by atoms with Crippen LogP contribution in [0.15, 0.2) is 39.8 Å². The quantitative estimate of drug-likeness (QED) is 0.489. The SMILES string of the molecule is CCNC(=NCc1ccc(CN(C)C(=O)OC(C)(C)C)cc1)NCc1cc(CC)no1. The van der Waals surface area contributed by atoms with Crippen molar-refractivity contribution in [2.75, 3.05) is 13.6 Å². The fourth-order valence-electron chi connectivity index (χ4n) is 2.72. The van der Waals surface area contributed by atoms with Crippen molar-refractivity contribution in [3.05, 3.63) is 52.9 Å². The number of ether oxygens (including phenoxy) is 1. The lowest BCUT2D eigenvalue weighted by Crippen LogP contribution is -2.36. The summed E-state index contributed by atoms with van der Waals surface area (Å²) in [5.74, 6) is 1.49. The van der Waals surface area contributed by atoms with E-state index in [9.17, 15) is 4.79 Å². The summed E-state index contributed by atoms with van der Waals surface area (Å²) in [7, 11) is 1.73. The van der Waals surface area contributed by atoms with Gasteiger partial charge >= 0.3 is 6.09 Å². The summed E-state index contributed by atoms with van der Waals surface area (Å²) < 4.78 is 10.7. The molecule has 8 heteroatoms. The van der Waals surface area contributed by atoms with Gasteiger partial charge in [0.2, 0.25) is 0 Å². The maximum atomic E-state index is 12.1. The normalized spacial score (nSPS) is 11.9. The van der Waals surface area contributed by atoms with E-state index in [1.807, 2.05) is 65.0 Å². The van der Waals surface area contributed by atoms with Gasteiger partial charge in [0.1, 0.15) is 5.60 Å². The molecule has 8 nitrogen and oxygen atoms in total. The summed E-state index contributed by atoms with van der Waals surface area (Å²) in [5.41, 5.74) is 2.55. The van der Waals surface area contributed by atoms with Crippen LogP contribution in [-0.4, -0.2) is 41.3 Å². The lowest BCUT2D eigenvalue weighted by molar-refractivity contribution is 0.0285. The Balaban J connectivity index is 1.90. The highest BCUT2D eigenvalue weighted by Crippen LogP contribution is 2.12. The van der Waals surface area contributed by atoms with Gasteiger partial charge < -0.3 is 24.8 Å². The second-order valence-electron chi connectivity index (χ2n) is 8.34. The highest BCUT2D eigenvalue weighted by molar-refractivity contribution is 5.79. The Hall–Kier alpha value is -3.03. The maximum absolute atomic E-state index is 12.1. The van der Waals surface area contributed by atoms with Crippen molar-refractivity contribution in [2.24, 2.45) is 4.99 Å². The van der Waals surface area contributed by atoms with Crippen molar-refractivity contribution in [1.29, 1.82) is 0 Å². The number of nitrogens with one attached hydrogen (secondary N) is 2. The van der Waals surface area contributed by atoms with Gasteiger partial charge in [0.25, 0.3) is 0 Å². The van der Waals surface area contributed by atoms with Crippen LogP contribution < -0.4 is 10.6 Å². The van der Waals surface area contributed by atoms with Crippen molar-refractivity contribution in [2.45, 2.75) is 66.3 Å². The molecule has 0 atom stereocenters. The number of amides is 1. The average molecular weight is 430 g/mol. The van der Waals surface area contributed by atoms with Crippen LogP contribution in [0.1, 0.15) is 57.2 Å². The van der Waals surface area contributed by atoms with Crippen LogP contribution in [-0.2, 0) is 30.8 Å². The van der Waals surface area contributed by atoms with Crippen molar-refractivity contribution in [3.63, 3.8) is 0 Å². The van der Waals surface area contributed by atoms with E-state index in [1.54, 1.807) is 11.9 Å². The standard InChI is InChI=1S/C23H35N5O3/c1-7-19-13-20(31-27-19)15-26-21(24-8-2)25-14-17-9-11-18(12-10-17)16-28(6)22(29)30-23(3,4)5/h9-13H,7-8,14-16H2,1-6H3,(H2,24,25,26). The highest BCUT2D eigenvalue weighted by atomic mass is 16.6. The third-order valence-electron chi connectivity index (χ3n) is 4.31. The largest absolute Gasteiger partial charge is 0.444 e. The van der Waals surface area contributed by atoms with Crippen LogP contribution in [0.5, 0.6) is 0 Å². The average Bonchev–Trinajstić information content (AvgIpc) is 3.18. The van der Waals surface area contributed by atoms with Crippen molar-refractivity contribution in [1.82, 2.24) is 20.7 Å². The first-order valence-electron chi connectivity index (χ1n) is 10.7. The molecule has 0 unspecified atom stereocenters. The van der Waals surface area contributed by atoms with Crippen molar-refractivity contribution in [3.8, 4) is 0 Å². The second kappa shape index (κ2) is 11.4. The molecule has 0 aliphatic rings. The van der Waals surface area contributed by atoms with Crippen LogP contribution in [0.4, 0.5) is 4.79 Å². The van der Waals surface area contributed by atoms with E-state index < -0.39 is 5.60 Å². The van der Waals surface area contributed by atoms with Crippen LogP contribution in [0, 0.1) is 0 Å². The Morgan fingerprint density at radius 2 is 1.84 bits per heavy atom. The zero-order chi connectivity index (χ0) is 22.9. The van der Waals surface area contributed by atoms with Crippen molar-refractivity contribution < 1.29 is 14.1 Å². The Morgan fingerprint density at radius 3 is 2.42 bits per heavy atom. The van der Waals surface area contributed by atoms with E-state index >= 15 is 0 Å². The van der Waals surface area contributed by atoms with Gasteiger partial charge in [-0.3, -0.25) is 0 Å². The fourth-order valence-corrected chi connectivity index (χ4v) is 2.72. The number of nitrogens with zero attached hydrogens (tertiary/aromatic N) is 3. The predicted molar refractivity (Wildman–Crippen MR) is 122 cm³/mol. The van der Waals surface area contributed by atoms with E-state index in [-0.39, 0.29) is 6.09 Å². The molecule has 2 rings (SSSR count). The fraction of sp³-hybridized carbons (Fsp3) is 0.522. The summed E-state index contributed by atoms with van der Waals surface area (Å²) >= 11 is 0. The summed E-state index contributed by atoms with van der Waals surface area (Å²) in [6, 6.07) is 10.0. The van der Waals surface area contributed by atoms with Gasteiger partial charge in [-0.05, 0) is 45.2 Å². The molecule has 2 N–H and O–H groups in total. The Kier molecular flexibility index (Phi) is 8.90. The molecule has 0 aliphatic heterocycles. The molecule has 2 aromatic rings. The third kappa shape index (κ3) is 8.70. The first-order valence-corrected chi connectivity index (χ1v) is 10.7. The molecular formula is C23H35N5O3. The van der Waals surface area contributed by atoms with Gasteiger partial charge in [0, 0.05) is 26.2 Å². The van der Waals surface area contributed by atoms with E-state index in [0.717, 1.165) is 35.5 Å².